The highest BCUT2D eigenvalue weighted by atomic mass is 32.1. The van der Waals surface area contributed by atoms with E-state index in [-0.39, 0.29) is 5.91 Å². The van der Waals surface area contributed by atoms with E-state index in [1.807, 2.05) is 18.2 Å². The smallest absolute Gasteiger partial charge is 0.263 e. The fraction of sp³-hybridized carbons (Fsp3) is 0.474. The van der Waals surface area contributed by atoms with Crippen LogP contribution in [0.4, 0.5) is 0 Å². The van der Waals surface area contributed by atoms with E-state index >= 15 is 0 Å². The molecule has 1 fully saturated rings. The van der Waals surface area contributed by atoms with Crippen molar-refractivity contribution in [3.8, 4) is 5.75 Å². The number of fused-ring (bicyclic) bond motifs is 1. The standard InChI is InChI=1S/C19H23N3O2S/c23-19(17-11-20-18(25-17)12-22-7-3-4-8-22)21-10-14-9-15-5-1-2-6-16(15)24-13-14/h1-2,5-6,11,14H,3-4,7-10,12-13H2,(H,21,23)/t14-/m0/s1. The summed E-state index contributed by atoms with van der Waals surface area (Å²) in [5.41, 5.74) is 1.22. The lowest BCUT2D eigenvalue weighted by atomic mass is 9.97. The first-order valence-corrected chi connectivity index (χ1v) is 9.75. The number of carbonyl (C=O) groups is 1. The van der Waals surface area contributed by atoms with Crippen LogP contribution in [0.1, 0.15) is 33.1 Å². The van der Waals surface area contributed by atoms with Crippen molar-refractivity contribution in [1.82, 2.24) is 15.2 Å². The molecule has 4 rings (SSSR count). The summed E-state index contributed by atoms with van der Waals surface area (Å²) in [5, 5.41) is 4.07. The molecule has 3 heterocycles. The summed E-state index contributed by atoms with van der Waals surface area (Å²) in [7, 11) is 0. The summed E-state index contributed by atoms with van der Waals surface area (Å²) < 4.78 is 5.79. The van der Waals surface area contributed by atoms with Gasteiger partial charge in [-0.3, -0.25) is 9.69 Å². The van der Waals surface area contributed by atoms with Gasteiger partial charge in [-0.25, -0.2) is 4.98 Å². The summed E-state index contributed by atoms with van der Waals surface area (Å²) in [5.74, 6) is 1.26. The second-order valence-electron chi connectivity index (χ2n) is 6.80. The van der Waals surface area contributed by atoms with Gasteiger partial charge in [-0.1, -0.05) is 18.2 Å². The Kier molecular flexibility index (Phi) is 4.99. The lowest BCUT2D eigenvalue weighted by molar-refractivity contribution is 0.0943. The predicted molar refractivity (Wildman–Crippen MR) is 98.1 cm³/mol. The molecule has 1 N–H and O–H groups in total. The molecule has 0 aliphatic carbocycles. The van der Waals surface area contributed by atoms with E-state index in [1.165, 1.54) is 29.7 Å². The van der Waals surface area contributed by atoms with E-state index < -0.39 is 0 Å². The van der Waals surface area contributed by atoms with E-state index in [0.717, 1.165) is 36.8 Å². The van der Waals surface area contributed by atoms with Crippen LogP contribution in [0, 0.1) is 5.92 Å². The minimum atomic E-state index is -0.0240. The van der Waals surface area contributed by atoms with Crippen molar-refractivity contribution in [2.45, 2.75) is 25.8 Å². The number of benzene rings is 1. The normalized spacial score (nSPS) is 20.1. The molecule has 1 aromatic carbocycles. The first-order chi connectivity index (χ1) is 12.3. The van der Waals surface area contributed by atoms with Gasteiger partial charge in [0, 0.05) is 12.5 Å². The maximum atomic E-state index is 12.4. The molecular weight excluding hydrogens is 334 g/mol. The number of likely N-dealkylation sites (tertiary alicyclic amines) is 1. The van der Waals surface area contributed by atoms with Gasteiger partial charge in [-0.05, 0) is 44.0 Å². The second-order valence-corrected chi connectivity index (χ2v) is 7.92. The third-order valence-corrected chi connectivity index (χ3v) is 5.82. The van der Waals surface area contributed by atoms with Crippen LogP contribution in [-0.4, -0.2) is 42.0 Å². The Morgan fingerprint density at radius 1 is 1.32 bits per heavy atom. The minimum Gasteiger partial charge on any atom is -0.493 e. The first kappa shape index (κ1) is 16.5. The number of amides is 1. The van der Waals surface area contributed by atoms with Crippen molar-refractivity contribution in [2.24, 2.45) is 5.92 Å². The van der Waals surface area contributed by atoms with Gasteiger partial charge < -0.3 is 10.1 Å². The van der Waals surface area contributed by atoms with Crippen molar-refractivity contribution in [3.05, 3.63) is 45.9 Å². The Hall–Kier alpha value is -1.92. The van der Waals surface area contributed by atoms with Crippen LogP contribution >= 0.6 is 11.3 Å². The van der Waals surface area contributed by atoms with Crippen LogP contribution in [0.2, 0.25) is 0 Å². The molecule has 0 unspecified atom stereocenters. The molecule has 2 aliphatic rings. The number of thiazole rings is 1. The van der Waals surface area contributed by atoms with Gasteiger partial charge in [0.2, 0.25) is 0 Å². The Balaban J connectivity index is 1.28. The van der Waals surface area contributed by atoms with Gasteiger partial charge >= 0.3 is 0 Å². The van der Waals surface area contributed by atoms with E-state index in [4.69, 9.17) is 4.74 Å². The molecule has 2 aromatic rings. The van der Waals surface area contributed by atoms with Gasteiger partial charge in [0.1, 0.15) is 15.6 Å². The number of nitrogens with zero attached hydrogens (tertiary/aromatic N) is 2. The highest BCUT2D eigenvalue weighted by Gasteiger charge is 2.21. The summed E-state index contributed by atoms with van der Waals surface area (Å²) in [6.07, 6.45) is 5.19. The molecule has 0 saturated carbocycles. The molecule has 2 aliphatic heterocycles. The lowest BCUT2D eigenvalue weighted by Crippen LogP contribution is -2.34. The number of para-hydroxylation sites is 1. The van der Waals surface area contributed by atoms with E-state index in [0.29, 0.717) is 23.9 Å². The molecule has 5 nitrogen and oxygen atoms in total. The fourth-order valence-electron chi connectivity index (χ4n) is 3.47. The van der Waals surface area contributed by atoms with E-state index in [9.17, 15) is 4.79 Å². The molecule has 0 bridgehead atoms. The summed E-state index contributed by atoms with van der Waals surface area (Å²) in [6.45, 7) is 4.44. The Labute approximate surface area is 152 Å². The lowest BCUT2D eigenvalue weighted by Gasteiger charge is -2.25. The predicted octanol–water partition coefficient (Wildman–Crippen LogP) is 2.72. The number of nitrogens with one attached hydrogen (secondary N) is 1. The topological polar surface area (TPSA) is 54.5 Å². The molecule has 1 amide bonds. The zero-order chi connectivity index (χ0) is 17.1. The number of hydrogen-bond acceptors (Lipinski definition) is 5. The highest BCUT2D eigenvalue weighted by Crippen LogP contribution is 2.26. The highest BCUT2D eigenvalue weighted by molar-refractivity contribution is 7.13. The zero-order valence-corrected chi connectivity index (χ0v) is 15.1. The average Bonchev–Trinajstić information content (AvgIpc) is 3.32. The van der Waals surface area contributed by atoms with Crippen molar-refractivity contribution in [3.63, 3.8) is 0 Å². The van der Waals surface area contributed by atoms with Crippen molar-refractivity contribution < 1.29 is 9.53 Å². The van der Waals surface area contributed by atoms with Gasteiger partial charge in [0.15, 0.2) is 0 Å². The molecular formula is C19H23N3O2S. The van der Waals surface area contributed by atoms with Crippen LogP contribution in [0.5, 0.6) is 5.75 Å². The van der Waals surface area contributed by atoms with Gasteiger partial charge in [-0.15, -0.1) is 11.3 Å². The molecule has 0 radical (unpaired) electrons. The maximum absolute atomic E-state index is 12.4. The fourth-order valence-corrected chi connectivity index (χ4v) is 4.34. The van der Waals surface area contributed by atoms with E-state index in [2.05, 4.69) is 21.3 Å². The third kappa shape index (κ3) is 4.02. The summed E-state index contributed by atoms with van der Waals surface area (Å²) in [4.78, 5) is 19.9. The number of aromatic nitrogens is 1. The van der Waals surface area contributed by atoms with Crippen LogP contribution in [0.15, 0.2) is 30.5 Å². The molecule has 25 heavy (non-hydrogen) atoms. The summed E-state index contributed by atoms with van der Waals surface area (Å²) >= 11 is 1.51. The van der Waals surface area contributed by atoms with Crippen LogP contribution in [0.3, 0.4) is 0 Å². The Morgan fingerprint density at radius 3 is 3.04 bits per heavy atom. The van der Waals surface area contributed by atoms with E-state index in [1.54, 1.807) is 6.20 Å². The average molecular weight is 357 g/mol. The van der Waals surface area contributed by atoms with Gasteiger partial charge in [0.05, 0.1) is 19.3 Å². The van der Waals surface area contributed by atoms with Crippen LogP contribution in [-0.2, 0) is 13.0 Å². The molecule has 1 saturated heterocycles. The largest absolute Gasteiger partial charge is 0.493 e. The van der Waals surface area contributed by atoms with Gasteiger partial charge in [-0.2, -0.15) is 0 Å². The first-order valence-electron chi connectivity index (χ1n) is 8.94. The van der Waals surface area contributed by atoms with Crippen molar-refractivity contribution >= 4 is 17.2 Å². The van der Waals surface area contributed by atoms with Gasteiger partial charge in [0.25, 0.3) is 5.91 Å². The van der Waals surface area contributed by atoms with Crippen molar-refractivity contribution in [2.75, 3.05) is 26.2 Å². The van der Waals surface area contributed by atoms with Crippen LogP contribution in [0.25, 0.3) is 0 Å². The monoisotopic (exact) mass is 357 g/mol. The molecule has 0 spiro atoms. The third-order valence-electron chi connectivity index (χ3n) is 4.84. The number of rotatable bonds is 5. The SMILES string of the molecule is O=C(NC[C@H]1COc2ccccc2C1)c1cnc(CN2CCCC2)s1. The number of hydrogen-bond donors (Lipinski definition) is 1. The number of carbonyl (C=O) groups excluding carboxylic acids is 1. The van der Waals surface area contributed by atoms with Crippen LogP contribution < -0.4 is 10.1 Å². The molecule has 6 heteroatoms. The Morgan fingerprint density at radius 2 is 2.16 bits per heavy atom. The second kappa shape index (κ2) is 7.54. The number of ether oxygens (including phenoxy) is 1. The zero-order valence-electron chi connectivity index (χ0n) is 14.2. The molecule has 132 valence electrons. The minimum absolute atomic E-state index is 0.0240. The Bertz CT molecular complexity index is 740. The molecule has 1 atom stereocenters. The summed E-state index contributed by atoms with van der Waals surface area (Å²) in [6, 6.07) is 8.12. The molecule has 1 aromatic heterocycles. The quantitative estimate of drug-likeness (QED) is 0.894. The van der Waals surface area contributed by atoms with Crippen molar-refractivity contribution in [1.29, 1.82) is 0 Å². The maximum Gasteiger partial charge on any atom is 0.263 e.